The average molecular weight is 461 g/mol. The van der Waals surface area contributed by atoms with Gasteiger partial charge < -0.3 is 14.8 Å². The third-order valence-corrected chi connectivity index (χ3v) is 6.15. The second-order valence-electron chi connectivity index (χ2n) is 6.32. The number of imidazole rings is 1. The lowest BCUT2D eigenvalue weighted by molar-refractivity contribution is -0.384. The SMILES string of the molecule is CC(C)n1c(N2CCN[C@@H](C)C2)nc2c([N+](=O)[O-])c(Br)c(Br)cc21. The van der Waals surface area contributed by atoms with Crippen molar-refractivity contribution in [3.63, 3.8) is 0 Å². The molecule has 2 heterocycles. The first-order valence-corrected chi connectivity index (χ1v) is 9.42. The summed E-state index contributed by atoms with van der Waals surface area (Å²) < 4.78 is 3.16. The highest BCUT2D eigenvalue weighted by atomic mass is 79.9. The first-order valence-electron chi connectivity index (χ1n) is 7.84. The molecule has 24 heavy (non-hydrogen) atoms. The van der Waals surface area contributed by atoms with Crippen LogP contribution in [0.1, 0.15) is 26.8 Å². The lowest BCUT2D eigenvalue weighted by atomic mass is 10.2. The Hall–Kier alpha value is -1.19. The maximum Gasteiger partial charge on any atom is 0.312 e. The van der Waals surface area contributed by atoms with E-state index in [9.17, 15) is 10.1 Å². The van der Waals surface area contributed by atoms with Crippen molar-refractivity contribution in [3.8, 4) is 0 Å². The molecule has 1 saturated heterocycles. The van der Waals surface area contributed by atoms with Crippen LogP contribution < -0.4 is 10.2 Å². The molecule has 0 amide bonds. The number of hydrogen-bond donors (Lipinski definition) is 1. The molecule has 0 spiro atoms. The maximum atomic E-state index is 11.6. The standard InChI is InChI=1S/C15H19Br2N5O2/c1-8(2)21-11-6-10(16)12(17)14(22(23)24)13(11)19-15(21)20-5-4-18-9(3)7-20/h6,8-9,18H,4-5,7H2,1-3H3/t9-/m0/s1. The number of nitrogens with one attached hydrogen (secondary N) is 1. The van der Waals surface area contributed by atoms with Gasteiger partial charge in [-0.1, -0.05) is 0 Å². The van der Waals surface area contributed by atoms with E-state index < -0.39 is 0 Å². The zero-order chi connectivity index (χ0) is 17.6. The highest BCUT2D eigenvalue weighted by Crippen LogP contribution is 2.41. The van der Waals surface area contributed by atoms with E-state index in [1.54, 1.807) is 0 Å². The van der Waals surface area contributed by atoms with Crippen LogP contribution in [0.15, 0.2) is 15.0 Å². The van der Waals surface area contributed by atoms with Crippen molar-refractivity contribution < 1.29 is 4.92 Å². The van der Waals surface area contributed by atoms with E-state index in [0.29, 0.717) is 20.5 Å². The molecule has 0 bridgehead atoms. The minimum atomic E-state index is -0.376. The Morgan fingerprint density at radius 3 is 2.75 bits per heavy atom. The maximum absolute atomic E-state index is 11.6. The van der Waals surface area contributed by atoms with Crippen molar-refractivity contribution >= 4 is 54.5 Å². The van der Waals surface area contributed by atoms with Crippen LogP contribution in [0.2, 0.25) is 0 Å². The Balaban J connectivity index is 2.28. The first kappa shape index (κ1) is 17.6. The number of benzene rings is 1. The lowest BCUT2D eigenvalue weighted by Crippen LogP contribution is -2.50. The second kappa shape index (κ2) is 6.61. The fourth-order valence-electron chi connectivity index (χ4n) is 3.16. The summed E-state index contributed by atoms with van der Waals surface area (Å²) in [5.41, 5.74) is 1.20. The molecule has 1 aromatic carbocycles. The van der Waals surface area contributed by atoms with Gasteiger partial charge in [0.05, 0.1) is 10.4 Å². The number of rotatable bonds is 3. The van der Waals surface area contributed by atoms with Gasteiger partial charge in [-0.3, -0.25) is 10.1 Å². The number of fused-ring (bicyclic) bond motifs is 1. The fraction of sp³-hybridized carbons (Fsp3) is 0.533. The number of nitrogens with zero attached hydrogens (tertiary/aromatic N) is 4. The number of piperazine rings is 1. The Morgan fingerprint density at radius 1 is 1.46 bits per heavy atom. The third-order valence-electron chi connectivity index (χ3n) is 4.19. The Bertz CT molecular complexity index is 805. The van der Waals surface area contributed by atoms with Crippen molar-refractivity contribution in [2.75, 3.05) is 24.5 Å². The van der Waals surface area contributed by atoms with Crippen LogP contribution in [0.5, 0.6) is 0 Å². The van der Waals surface area contributed by atoms with Crippen molar-refractivity contribution in [3.05, 3.63) is 25.1 Å². The zero-order valence-electron chi connectivity index (χ0n) is 13.7. The summed E-state index contributed by atoms with van der Waals surface area (Å²) in [6, 6.07) is 2.39. The van der Waals surface area contributed by atoms with Crippen LogP contribution in [0, 0.1) is 10.1 Å². The van der Waals surface area contributed by atoms with Crippen LogP contribution in [0.4, 0.5) is 11.6 Å². The summed E-state index contributed by atoms with van der Waals surface area (Å²) in [4.78, 5) is 18.1. The molecule has 1 atom stereocenters. The zero-order valence-corrected chi connectivity index (χ0v) is 16.9. The van der Waals surface area contributed by atoms with E-state index in [2.05, 4.69) is 72.4 Å². The molecular formula is C15H19Br2N5O2. The summed E-state index contributed by atoms with van der Waals surface area (Å²) in [6.07, 6.45) is 0. The number of nitro benzene ring substituents is 1. The van der Waals surface area contributed by atoms with Gasteiger partial charge in [-0.15, -0.1) is 0 Å². The minimum absolute atomic E-state index is 0.00297. The monoisotopic (exact) mass is 459 g/mol. The molecule has 130 valence electrons. The van der Waals surface area contributed by atoms with Gasteiger partial charge in [0, 0.05) is 36.2 Å². The molecule has 2 aromatic rings. The number of hydrogen-bond acceptors (Lipinski definition) is 5. The molecule has 1 N–H and O–H groups in total. The van der Waals surface area contributed by atoms with E-state index in [4.69, 9.17) is 0 Å². The number of nitro groups is 1. The smallest absolute Gasteiger partial charge is 0.312 e. The quantitative estimate of drug-likeness (QED) is 0.556. The van der Waals surface area contributed by atoms with Crippen LogP contribution in [0.3, 0.4) is 0 Å². The number of aromatic nitrogens is 2. The van der Waals surface area contributed by atoms with Crippen molar-refractivity contribution in [1.29, 1.82) is 0 Å². The van der Waals surface area contributed by atoms with Gasteiger partial charge in [-0.25, -0.2) is 4.98 Å². The molecule has 9 heteroatoms. The van der Waals surface area contributed by atoms with Crippen molar-refractivity contribution in [2.24, 2.45) is 0 Å². The van der Waals surface area contributed by atoms with Crippen LogP contribution in [-0.4, -0.2) is 40.2 Å². The van der Waals surface area contributed by atoms with Gasteiger partial charge in [0.1, 0.15) is 4.47 Å². The fourth-order valence-corrected chi connectivity index (χ4v) is 4.01. The van der Waals surface area contributed by atoms with E-state index in [-0.39, 0.29) is 16.7 Å². The number of halogens is 2. The Morgan fingerprint density at radius 2 is 2.17 bits per heavy atom. The Kier molecular flexibility index (Phi) is 4.85. The third kappa shape index (κ3) is 2.93. The Labute approximate surface area is 156 Å². The highest BCUT2D eigenvalue weighted by molar-refractivity contribution is 9.13. The summed E-state index contributed by atoms with van der Waals surface area (Å²) >= 11 is 6.73. The van der Waals surface area contributed by atoms with Gasteiger partial charge >= 0.3 is 5.69 Å². The van der Waals surface area contributed by atoms with Gasteiger partial charge in [-0.05, 0) is 58.7 Å². The summed E-state index contributed by atoms with van der Waals surface area (Å²) in [5.74, 6) is 0.793. The van der Waals surface area contributed by atoms with E-state index in [1.807, 2.05) is 6.07 Å². The minimum Gasteiger partial charge on any atom is -0.339 e. The lowest BCUT2D eigenvalue weighted by Gasteiger charge is -2.33. The van der Waals surface area contributed by atoms with Crippen LogP contribution >= 0.6 is 31.9 Å². The molecule has 0 aliphatic carbocycles. The molecule has 7 nitrogen and oxygen atoms in total. The molecule has 1 aromatic heterocycles. The van der Waals surface area contributed by atoms with E-state index >= 15 is 0 Å². The van der Waals surface area contributed by atoms with E-state index in [1.165, 1.54) is 0 Å². The normalized spacial score (nSPS) is 18.6. The highest BCUT2D eigenvalue weighted by Gasteiger charge is 2.29. The predicted molar refractivity (Wildman–Crippen MR) is 102 cm³/mol. The van der Waals surface area contributed by atoms with Crippen molar-refractivity contribution in [1.82, 2.24) is 14.9 Å². The van der Waals surface area contributed by atoms with Crippen LogP contribution in [0.25, 0.3) is 11.0 Å². The molecule has 0 unspecified atom stereocenters. The topological polar surface area (TPSA) is 76.2 Å². The van der Waals surface area contributed by atoms with E-state index in [0.717, 1.165) is 31.1 Å². The van der Waals surface area contributed by atoms with Crippen LogP contribution in [-0.2, 0) is 0 Å². The molecular weight excluding hydrogens is 442 g/mol. The molecule has 1 aliphatic rings. The molecule has 1 fully saturated rings. The predicted octanol–water partition coefficient (Wildman–Crippen LogP) is 3.85. The molecule has 0 saturated carbocycles. The van der Waals surface area contributed by atoms with Crippen molar-refractivity contribution in [2.45, 2.75) is 32.9 Å². The van der Waals surface area contributed by atoms with Gasteiger partial charge in [0.2, 0.25) is 5.95 Å². The van der Waals surface area contributed by atoms with Gasteiger partial charge in [0.15, 0.2) is 5.52 Å². The largest absolute Gasteiger partial charge is 0.339 e. The molecule has 1 aliphatic heterocycles. The summed E-state index contributed by atoms with van der Waals surface area (Å²) in [5, 5.41) is 15.0. The average Bonchev–Trinajstić information content (AvgIpc) is 2.86. The second-order valence-corrected chi connectivity index (χ2v) is 7.97. The number of anilines is 1. The van der Waals surface area contributed by atoms with Gasteiger partial charge in [-0.2, -0.15) is 0 Å². The summed E-state index contributed by atoms with van der Waals surface area (Å²) in [7, 11) is 0. The van der Waals surface area contributed by atoms with Gasteiger partial charge in [0.25, 0.3) is 0 Å². The first-order chi connectivity index (χ1) is 11.3. The molecule has 0 radical (unpaired) electrons. The molecule has 3 rings (SSSR count). The summed E-state index contributed by atoms with van der Waals surface area (Å²) in [6.45, 7) is 8.79.